The summed E-state index contributed by atoms with van der Waals surface area (Å²) in [6.45, 7) is 6.79. The molecule has 0 radical (unpaired) electrons. The Hall–Kier alpha value is -1.59. The van der Waals surface area contributed by atoms with Crippen LogP contribution >= 0.6 is 0 Å². The van der Waals surface area contributed by atoms with Gasteiger partial charge in [-0.3, -0.25) is 4.99 Å². The molecule has 1 aliphatic heterocycles. The molecular weight excluding hydrogens is 288 g/mol. The van der Waals surface area contributed by atoms with Crippen molar-refractivity contribution in [2.45, 2.75) is 25.9 Å². The number of nitrogens with zero attached hydrogens (tertiary/aromatic N) is 2. The molecule has 23 heavy (non-hydrogen) atoms. The molecule has 1 aromatic rings. The maximum atomic E-state index is 10.2. The summed E-state index contributed by atoms with van der Waals surface area (Å²) in [6.07, 6.45) is 1.46. The molecule has 0 aromatic heterocycles. The van der Waals surface area contributed by atoms with Gasteiger partial charge in [-0.2, -0.15) is 0 Å². The van der Waals surface area contributed by atoms with E-state index in [0.717, 1.165) is 31.2 Å². The highest BCUT2D eigenvalue weighted by Gasteiger charge is 2.18. The third-order valence-corrected chi connectivity index (χ3v) is 4.24. The van der Waals surface area contributed by atoms with Crippen molar-refractivity contribution < 1.29 is 5.11 Å². The second-order valence-corrected chi connectivity index (χ2v) is 6.28. The minimum absolute atomic E-state index is 0.435. The molecule has 5 heteroatoms. The second kappa shape index (κ2) is 9.53. The van der Waals surface area contributed by atoms with Crippen LogP contribution in [0, 0.1) is 5.92 Å². The molecule has 3 N–H and O–H groups in total. The van der Waals surface area contributed by atoms with Crippen LogP contribution in [0.2, 0.25) is 0 Å². The molecule has 128 valence electrons. The third-order valence-electron chi connectivity index (χ3n) is 4.24. The lowest BCUT2D eigenvalue weighted by molar-refractivity contribution is 0.168. The van der Waals surface area contributed by atoms with E-state index in [0.29, 0.717) is 18.9 Å². The Kier molecular flexibility index (Phi) is 7.36. The molecule has 2 rings (SSSR count). The van der Waals surface area contributed by atoms with E-state index in [4.69, 9.17) is 0 Å². The first-order valence-corrected chi connectivity index (χ1v) is 8.62. The van der Waals surface area contributed by atoms with Gasteiger partial charge in [-0.1, -0.05) is 30.3 Å². The molecule has 1 fully saturated rings. The number of benzene rings is 1. The lowest BCUT2D eigenvalue weighted by atomic mass is 10.1. The Morgan fingerprint density at radius 1 is 1.35 bits per heavy atom. The van der Waals surface area contributed by atoms with E-state index < -0.39 is 6.10 Å². The Morgan fingerprint density at radius 2 is 2.13 bits per heavy atom. The van der Waals surface area contributed by atoms with Crippen LogP contribution in [0.4, 0.5) is 0 Å². The molecule has 0 spiro atoms. The van der Waals surface area contributed by atoms with E-state index in [-0.39, 0.29) is 0 Å². The highest BCUT2D eigenvalue weighted by molar-refractivity contribution is 5.79. The van der Waals surface area contributed by atoms with Crippen LogP contribution in [0.5, 0.6) is 0 Å². The number of hydrogen-bond acceptors (Lipinski definition) is 3. The number of aliphatic imine (C=N–C) groups is 1. The Balaban J connectivity index is 1.75. The first-order valence-electron chi connectivity index (χ1n) is 8.62. The van der Waals surface area contributed by atoms with Crippen LogP contribution in [0.3, 0.4) is 0 Å². The number of hydrogen-bond donors (Lipinski definition) is 3. The molecule has 0 aliphatic carbocycles. The van der Waals surface area contributed by atoms with Crippen molar-refractivity contribution in [2.75, 3.05) is 39.8 Å². The summed E-state index contributed by atoms with van der Waals surface area (Å²) in [7, 11) is 2.16. The van der Waals surface area contributed by atoms with E-state index in [1.807, 2.05) is 30.3 Å². The molecule has 0 saturated carbocycles. The summed E-state index contributed by atoms with van der Waals surface area (Å²) in [4.78, 5) is 7.04. The number of guanidine groups is 1. The van der Waals surface area contributed by atoms with Gasteiger partial charge in [0.2, 0.25) is 0 Å². The monoisotopic (exact) mass is 318 g/mol. The maximum absolute atomic E-state index is 10.2. The fourth-order valence-corrected chi connectivity index (χ4v) is 2.91. The summed E-state index contributed by atoms with van der Waals surface area (Å²) >= 11 is 0. The topological polar surface area (TPSA) is 59.9 Å². The first-order chi connectivity index (χ1) is 11.2. The van der Waals surface area contributed by atoms with Gasteiger partial charge in [0.1, 0.15) is 0 Å². The molecule has 1 heterocycles. The normalized spacial score (nSPS) is 20.5. The van der Waals surface area contributed by atoms with E-state index in [1.54, 1.807) is 0 Å². The number of nitrogens with one attached hydrogen (secondary N) is 2. The minimum Gasteiger partial charge on any atom is -0.388 e. The van der Waals surface area contributed by atoms with Crippen LogP contribution in [0.25, 0.3) is 0 Å². The van der Waals surface area contributed by atoms with Crippen molar-refractivity contribution in [2.24, 2.45) is 10.9 Å². The Labute approximate surface area is 139 Å². The number of rotatable bonds is 7. The average molecular weight is 318 g/mol. The van der Waals surface area contributed by atoms with Crippen molar-refractivity contribution >= 4 is 5.96 Å². The van der Waals surface area contributed by atoms with Crippen LogP contribution in [0.1, 0.15) is 31.4 Å². The van der Waals surface area contributed by atoms with Gasteiger partial charge in [0.05, 0.1) is 6.10 Å². The van der Waals surface area contributed by atoms with Crippen LogP contribution in [-0.2, 0) is 0 Å². The van der Waals surface area contributed by atoms with Gasteiger partial charge in [-0.25, -0.2) is 0 Å². The Bertz CT molecular complexity index is 477. The molecule has 0 bridgehead atoms. The fourth-order valence-electron chi connectivity index (χ4n) is 2.91. The molecule has 5 nitrogen and oxygen atoms in total. The smallest absolute Gasteiger partial charge is 0.191 e. The SMILES string of the molecule is CCNC(=NCC1CCN(C)C1)NCCC(O)c1ccccc1. The average Bonchev–Trinajstić information content (AvgIpc) is 2.99. The van der Waals surface area contributed by atoms with E-state index >= 15 is 0 Å². The van der Waals surface area contributed by atoms with E-state index in [1.165, 1.54) is 13.0 Å². The maximum Gasteiger partial charge on any atom is 0.191 e. The molecule has 1 saturated heterocycles. The van der Waals surface area contributed by atoms with Crippen molar-refractivity contribution in [3.63, 3.8) is 0 Å². The minimum atomic E-state index is -0.435. The largest absolute Gasteiger partial charge is 0.388 e. The van der Waals surface area contributed by atoms with Gasteiger partial charge >= 0.3 is 0 Å². The Morgan fingerprint density at radius 3 is 2.78 bits per heavy atom. The van der Waals surface area contributed by atoms with Crippen molar-refractivity contribution in [1.29, 1.82) is 0 Å². The summed E-state index contributed by atoms with van der Waals surface area (Å²) in [5.41, 5.74) is 0.963. The van der Waals surface area contributed by atoms with Gasteiger partial charge in [0, 0.05) is 26.2 Å². The van der Waals surface area contributed by atoms with Crippen molar-refractivity contribution in [1.82, 2.24) is 15.5 Å². The third kappa shape index (κ3) is 6.20. The lowest BCUT2D eigenvalue weighted by Gasteiger charge is -2.15. The predicted molar refractivity (Wildman–Crippen MR) is 95.6 cm³/mol. The highest BCUT2D eigenvalue weighted by Crippen LogP contribution is 2.15. The zero-order valence-corrected chi connectivity index (χ0v) is 14.3. The number of aliphatic hydroxyl groups excluding tert-OH is 1. The zero-order valence-electron chi connectivity index (χ0n) is 14.3. The quantitative estimate of drug-likeness (QED) is 0.528. The lowest BCUT2D eigenvalue weighted by Crippen LogP contribution is -2.38. The summed E-state index contributed by atoms with van der Waals surface area (Å²) < 4.78 is 0. The van der Waals surface area contributed by atoms with Crippen molar-refractivity contribution in [3.8, 4) is 0 Å². The van der Waals surface area contributed by atoms with Crippen molar-refractivity contribution in [3.05, 3.63) is 35.9 Å². The molecule has 1 aromatic carbocycles. The van der Waals surface area contributed by atoms with Crippen LogP contribution in [-0.4, -0.2) is 55.7 Å². The second-order valence-electron chi connectivity index (χ2n) is 6.28. The van der Waals surface area contributed by atoms with E-state index in [2.05, 4.69) is 34.5 Å². The van der Waals surface area contributed by atoms with Gasteiger partial charge in [0.15, 0.2) is 5.96 Å². The standard InChI is InChI=1S/C18H30N4O/c1-3-19-18(21-13-15-10-12-22(2)14-15)20-11-9-17(23)16-7-5-4-6-8-16/h4-8,15,17,23H,3,9-14H2,1-2H3,(H2,19,20,21). The van der Waals surface area contributed by atoms with Gasteiger partial charge < -0.3 is 20.6 Å². The highest BCUT2D eigenvalue weighted by atomic mass is 16.3. The van der Waals surface area contributed by atoms with Crippen LogP contribution < -0.4 is 10.6 Å². The fraction of sp³-hybridized carbons (Fsp3) is 0.611. The van der Waals surface area contributed by atoms with E-state index in [9.17, 15) is 5.11 Å². The molecule has 1 aliphatic rings. The summed E-state index contributed by atoms with van der Waals surface area (Å²) in [5.74, 6) is 1.51. The summed E-state index contributed by atoms with van der Waals surface area (Å²) in [6, 6.07) is 9.79. The number of aliphatic hydroxyl groups is 1. The predicted octanol–water partition coefficient (Wildman–Crippen LogP) is 1.62. The van der Waals surface area contributed by atoms with Crippen LogP contribution in [0.15, 0.2) is 35.3 Å². The zero-order chi connectivity index (χ0) is 16.5. The van der Waals surface area contributed by atoms with Gasteiger partial charge in [0.25, 0.3) is 0 Å². The molecular formula is C18H30N4O. The molecule has 0 amide bonds. The molecule has 2 atom stereocenters. The number of likely N-dealkylation sites (tertiary alicyclic amines) is 1. The van der Waals surface area contributed by atoms with Gasteiger partial charge in [-0.05, 0) is 44.8 Å². The van der Waals surface area contributed by atoms with Gasteiger partial charge in [-0.15, -0.1) is 0 Å². The first kappa shape index (κ1) is 17.8. The summed E-state index contributed by atoms with van der Waals surface area (Å²) in [5, 5.41) is 16.8. The molecule has 2 unspecified atom stereocenters.